The molecule has 2 aliphatic rings. The Bertz CT molecular complexity index is 682. The van der Waals surface area contributed by atoms with E-state index in [4.69, 9.17) is 0 Å². The predicted octanol–water partition coefficient (Wildman–Crippen LogP) is 1.19. The zero-order valence-corrected chi connectivity index (χ0v) is 12.9. The highest BCUT2D eigenvalue weighted by Gasteiger charge is 2.50. The van der Waals surface area contributed by atoms with Gasteiger partial charge in [0.1, 0.15) is 11.4 Å². The number of halogens is 1. The van der Waals surface area contributed by atoms with Gasteiger partial charge in [0.05, 0.1) is 6.54 Å². The molecule has 23 heavy (non-hydrogen) atoms. The molecule has 1 N–H and O–H groups in total. The van der Waals surface area contributed by atoms with Crippen LogP contribution in [0.2, 0.25) is 0 Å². The fourth-order valence-corrected chi connectivity index (χ4v) is 2.97. The van der Waals surface area contributed by atoms with E-state index >= 15 is 0 Å². The van der Waals surface area contributed by atoms with Crippen LogP contribution in [0.3, 0.4) is 0 Å². The predicted molar refractivity (Wildman–Crippen MR) is 83.0 cm³/mol. The summed E-state index contributed by atoms with van der Waals surface area (Å²) in [6.07, 6.45) is 1.19. The Morgan fingerprint density at radius 1 is 1.22 bits per heavy atom. The second kappa shape index (κ2) is 6.01. The van der Waals surface area contributed by atoms with Crippen molar-refractivity contribution in [1.29, 1.82) is 0 Å². The van der Waals surface area contributed by atoms with Crippen molar-refractivity contribution in [3.05, 3.63) is 35.6 Å². The monoisotopic (exact) mass is 315 g/mol. The van der Waals surface area contributed by atoms with E-state index in [0.717, 1.165) is 10.5 Å². The van der Waals surface area contributed by atoms with Gasteiger partial charge in [0, 0.05) is 25.7 Å². The lowest BCUT2D eigenvalue weighted by atomic mass is 9.87. The highest BCUT2D eigenvalue weighted by molar-refractivity contribution is 6.06. The van der Waals surface area contributed by atoms with Crippen LogP contribution in [0.4, 0.5) is 9.18 Å². The zero-order valence-electron chi connectivity index (χ0n) is 12.9. The van der Waals surface area contributed by atoms with Gasteiger partial charge in [0.25, 0.3) is 5.91 Å². The molecule has 6 heteroatoms. The number of nitrogens with one attached hydrogen (secondary N) is 1. The first-order valence-electron chi connectivity index (χ1n) is 7.57. The molecule has 0 radical (unpaired) electrons. The van der Waals surface area contributed by atoms with Gasteiger partial charge < -0.3 is 5.32 Å². The topological polar surface area (TPSA) is 52.7 Å². The zero-order chi connectivity index (χ0) is 16.4. The van der Waals surface area contributed by atoms with Gasteiger partial charge >= 0.3 is 6.03 Å². The first kappa shape index (κ1) is 15.5. The minimum Gasteiger partial charge on any atom is -0.323 e. The van der Waals surface area contributed by atoms with Crippen LogP contribution in [-0.4, -0.2) is 54.0 Å². The number of nitrogens with zero attached hydrogens (tertiary/aromatic N) is 2. The first-order chi connectivity index (χ1) is 11.0. The van der Waals surface area contributed by atoms with Crippen LogP contribution in [0.5, 0.6) is 0 Å². The SMILES string of the molecule is CN1C(=O)NC2(CCN(CC#Cc3ccc(F)cc3)CC2)C1=O. The molecule has 2 saturated heterocycles. The van der Waals surface area contributed by atoms with Crippen molar-refractivity contribution in [2.75, 3.05) is 26.7 Å². The molecule has 0 atom stereocenters. The number of benzene rings is 1. The maximum absolute atomic E-state index is 12.8. The summed E-state index contributed by atoms with van der Waals surface area (Å²) in [4.78, 5) is 27.1. The lowest BCUT2D eigenvalue weighted by Crippen LogP contribution is -2.54. The number of carbonyl (C=O) groups excluding carboxylic acids is 2. The van der Waals surface area contributed by atoms with E-state index in [1.807, 2.05) is 0 Å². The number of amides is 3. The van der Waals surface area contributed by atoms with Crippen LogP contribution in [0.25, 0.3) is 0 Å². The summed E-state index contributed by atoms with van der Waals surface area (Å²) in [5.74, 6) is 5.66. The molecule has 0 saturated carbocycles. The van der Waals surface area contributed by atoms with Crippen LogP contribution in [-0.2, 0) is 4.79 Å². The molecule has 5 nitrogen and oxygen atoms in total. The maximum atomic E-state index is 12.8. The third kappa shape index (κ3) is 3.06. The molecule has 1 spiro atoms. The molecule has 3 amide bonds. The Morgan fingerprint density at radius 2 is 1.87 bits per heavy atom. The van der Waals surface area contributed by atoms with E-state index in [1.165, 1.54) is 19.2 Å². The minimum atomic E-state index is -0.729. The summed E-state index contributed by atoms with van der Waals surface area (Å²) in [6.45, 7) is 2.00. The Morgan fingerprint density at radius 3 is 2.43 bits per heavy atom. The van der Waals surface area contributed by atoms with Crippen molar-refractivity contribution in [2.24, 2.45) is 0 Å². The molecule has 2 fully saturated rings. The third-order valence-corrected chi connectivity index (χ3v) is 4.45. The van der Waals surface area contributed by atoms with E-state index in [-0.39, 0.29) is 17.8 Å². The summed E-state index contributed by atoms with van der Waals surface area (Å²) in [7, 11) is 1.51. The smallest absolute Gasteiger partial charge is 0.323 e. The largest absolute Gasteiger partial charge is 0.324 e. The molecular formula is C17H18FN3O2. The number of rotatable bonds is 1. The van der Waals surface area contributed by atoms with E-state index in [2.05, 4.69) is 22.1 Å². The van der Waals surface area contributed by atoms with Crippen molar-refractivity contribution in [2.45, 2.75) is 18.4 Å². The lowest BCUT2D eigenvalue weighted by molar-refractivity contribution is -0.132. The van der Waals surface area contributed by atoms with Gasteiger partial charge in [-0.05, 0) is 37.1 Å². The molecule has 0 unspecified atom stereocenters. The lowest BCUT2D eigenvalue weighted by Gasteiger charge is -2.36. The van der Waals surface area contributed by atoms with Gasteiger partial charge in [-0.3, -0.25) is 14.6 Å². The number of likely N-dealkylation sites (N-methyl/N-ethyl adjacent to an activating group) is 1. The highest BCUT2D eigenvalue weighted by Crippen LogP contribution is 2.28. The van der Waals surface area contributed by atoms with Gasteiger partial charge in [0.2, 0.25) is 0 Å². The van der Waals surface area contributed by atoms with Gasteiger partial charge in [-0.2, -0.15) is 0 Å². The average Bonchev–Trinajstić information content (AvgIpc) is 2.76. The highest BCUT2D eigenvalue weighted by atomic mass is 19.1. The van der Waals surface area contributed by atoms with Crippen LogP contribution in [0.1, 0.15) is 18.4 Å². The van der Waals surface area contributed by atoms with E-state index in [9.17, 15) is 14.0 Å². The summed E-state index contributed by atoms with van der Waals surface area (Å²) in [5.41, 5.74) is 0.0481. The summed E-state index contributed by atoms with van der Waals surface area (Å²) >= 11 is 0. The first-order valence-corrected chi connectivity index (χ1v) is 7.57. The van der Waals surface area contributed by atoms with E-state index in [0.29, 0.717) is 32.5 Å². The standard InChI is InChI=1S/C17H18FN3O2/c1-20-15(22)17(19-16(20)23)8-11-21(12-9-17)10-2-3-13-4-6-14(18)7-5-13/h4-7H,8-12H2,1H3,(H,19,23). The normalized spacial score (nSPS) is 20.3. The maximum Gasteiger partial charge on any atom is 0.324 e. The molecule has 120 valence electrons. The van der Waals surface area contributed by atoms with Gasteiger partial charge in [-0.25, -0.2) is 9.18 Å². The van der Waals surface area contributed by atoms with Crippen molar-refractivity contribution < 1.29 is 14.0 Å². The molecule has 0 aliphatic carbocycles. The Kier molecular flexibility index (Phi) is 4.05. The van der Waals surface area contributed by atoms with Gasteiger partial charge in [-0.15, -0.1) is 0 Å². The van der Waals surface area contributed by atoms with Crippen LogP contribution in [0.15, 0.2) is 24.3 Å². The molecule has 0 aromatic heterocycles. The molecule has 1 aromatic carbocycles. The quantitative estimate of drug-likeness (QED) is 0.626. The number of likely N-dealkylation sites (tertiary alicyclic amines) is 1. The number of hydrogen-bond donors (Lipinski definition) is 1. The van der Waals surface area contributed by atoms with Crippen molar-refractivity contribution in [3.63, 3.8) is 0 Å². The van der Waals surface area contributed by atoms with Gasteiger partial charge in [-0.1, -0.05) is 11.8 Å². The minimum absolute atomic E-state index is 0.139. The summed E-state index contributed by atoms with van der Waals surface area (Å²) < 4.78 is 12.8. The number of hydrogen-bond acceptors (Lipinski definition) is 3. The number of piperidine rings is 1. The van der Waals surface area contributed by atoms with Gasteiger partial charge in [0.15, 0.2) is 0 Å². The van der Waals surface area contributed by atoms with Crippen molar-refractivity contribution >= 4 is 11.9 Å². The molecular weight excluding hydrogens is 297 g/mol. The second-order valence-corrected chi connectivity index (χ2v) is 5.96. The third-order valence-electron chi connectivity index (χ3n) is 4.45. The summed E-state index contributed by atoms with van der Waals surface area (Å²) in [6, 6.07) is 5.75. The number of imide groups is 1. The van der Waals surface area contributed by atoms with Crippen molar-refractivity contribution in [3.8, 4) is 11.8 Å². The fraction of sp³-hybridized carbons (Fsp3) is 0.412. The Labute approximate surface area is 134 Å². The molecule has 2 heterocycles. The molecule has 3 rings (SSSR count). The van der Waals surface area contributed by atoms with Crippen LogP contribution in [0, 0.1) is 17.7 Å². The summed E-state index contributed by atoms with van der Waals surface area (Å²) in [5, 5.41) is 2.82. The molecule has 1 aromatic rings. The second-order valence-electron chi connectivity index (χ2n) is 5.96. The van der Waals surface area contributed by atoms with Crippen molar-refractivity contribution in [1.82, 2.24) is 15.1 Å². The Hall–Kier alpha value is -2.39. The number of carbonyl (C=O) groups is 2. The van der Waals surface area contributed by atoms with E-state index < -0.39 is 5.54 Å². The van der Waals surface area contributed by atoms with Crippen LogP contribution < -0.4 is 5.32 Å². The Balaban J connectivity index is 1.55. The van der Waals surface area contributed by atoms with Crippen LogP contribution >= 0.6 is 0 Å². The average molecular weight is 315 g/mol. The fourth-order valence-electron chi connectivity index (χ4n) is 2.97. The molecule has 2 aliphatic heterocycles. The molecule has 0 bridgehead atoms. The number of urea groups is 1. The van der Waals surface area contributed by atoms with E-state index in [1.54, 1.807) is 12.1 Å².